The molecule has 0 spiro atoms. The predicted octanol–water partition coefficient (Wildman–Crippen LogP) is 0.645. The largest absolute Gasteiger partial charge is 0.326 e. The zero-order valence-corrected chi connectivity index (χ0v) is 7.57. The zero-order valence-electron chi connectivity index (χ0n) is 6.75. The van der Waals surface area contributed by atoms with E-state index >= 15 is 0 Å². The zero-order chi connectivity index (χ0) is 9.30. The van der Waals surface area contributed by atoms with Gasteiger partial charge in [0.05, 0.1) is 5.56 Å². The second-order valence-corrected chi connectivity index (χ2v) is 2.88. The Morgan fingerprint density at radius 2 is 2.25 bits per heavy atom. The van der Waals surface area contributed by atoms with Crippen molar-refractivity contribution in [1.29, 1.82) is 0 Å². The molecule has 0 atom stereocenters. The quantitative estimate of drug-likeness (QED) is 0.515. The summed E-state index contributed by atoms with van der Waals surface area (Å²) in [4.78, 5) is 24.3. The number of nitrogens with one attached hydrogen (secondary N) is 1. The fraction of sp³-hybridized carbons (Fsp3) is 0.286. The molecule has 1 N–H and O–H groups in total. The Hall–Kier alpha value is -1.23. The van der Waals surface area contributed by atoms with E-state index in [9.17, 15) is 9.59 Å². The van der Waals surface area contributed by atoms with Gasteiger partial charge >= 0.3 is 5.69 Å². The molecule has 1 rings (SSSR count). The number of H-pyrrole nitrogens is 1. The topological polar surface area (TPSA) is 54.9 Å². The average molecular weight is 184 g/mol. The summed E-state index contributed by atoms with van der Waals surface area (Å²) in [6.45, 7) is 1.41. The van der Waals surface area contributed by atoms with Crippen LogP contribution in [0.5, 0.6) is 0 Å². The maximum Gasteiger partial charge on any atom is 0.326 e. The lowest BCUT2D eigenvalue weighted by Crippen LogP contribution is -2.21. The van der Waals surface area contributed by atoms with Crippen molar-refractivity contribution in [3.63, 3.8) is 0 Å². The lowest BCUT2D eigenvalue weighted by molar-refractivity contribution is 0.101. The molecule has 64 valence electrons. The molecule has 0 unspecified atom stereocenters. The maximum atomic E-state index is 10.9. The highest BCUT2D eigenvalue weighted by atomic mass is 32.1. The van der Waals surface area contributed by atoms with E-state index in [1.54, 1.807) is 7.05 Å². The van der Waals surface area contributed by atoms with E-state index < -0.39 is 0 Å². The monoisotopic (exact) mass is 184 g/mol. The van der Waals surface area contributed by atoms with Gasteiger partial charge in [0, 0.05) is 13.2 Å². The molecule has 0 amide bonds. The van der Waals surface area contributed by atoms with Gasteiger partial charge in [0.15, 0.2) is 5.78 Å². The van der Waals surface area contributed by atoms with Gasteiger partial charge < -0.3 is 4.57 Å². The number of ketones is 1. The molecule has 0 fully saturated rings. The van der Waals surface area contributed by atoms with E-state index in [1.165, 1.54) is 17.7 Å². The number of hydrogen-bond donors (Lipinski definition) is 1. The number of aromatic amines is 1. The van der Waals surface area contributed by atoms with Crippen molar-refractivity contribution >= 4 is 18.0 Å². The van der Waals surface area contributed by atoms with Gasteiger partial charge in [-0.1, -0.05) is 12.2 Å². The van der Waals surface area contributed by atoms with E-state index in [-0.39, 0.29) is 16.1 Å². The van der Waals surface area contributed by atoms with Crippen molar-refractivity contribution in [3.8, 4) is 0 Å². The number of Topliss-reactive ketones (excluding diaryl/α,β-unsaturated/α-hetero) is 1. The molecule has 0 aliphatic rings. The van der Waals surface area contributed by atoms with Crippen LogP contribution in [-0.4, -0.2) is 15.3 Å². The number of carbonyl (C=O) groups excluding carboxylic acids is 1. The first-order chi connectivity index (χ1) is 5.52. The normalized spacial score (nSPS) is 9.83. The van der Waals surface area contributed by atoms with E-state index in [0.717, 1.165) is 0 Å². The van der Waals surface area contributed by atoms with Crippen LogP contribution in [0.25, 0.3) is 0 Å². The Bertz CT molecular complexity index is 430. The Kier molecular flexibility index (Phi) is 2.23. The Labute approximate surface area is 73.9 Å². The minimum absolute atomic E-state index is 0.146. The van der Waals surface area contributed by atoms with Crippen LogP contribution in [-0.2, 0) is 7.05 Å². The third-order valence-electron chi connectivity index (χ3n) is 1.49. The Morgan fingerprint density at radius 3 is 2.75 bits per heavy atom. The molecule has 4 nitrogen and oxygen atoms in total. The lowest BCUT2D eigenvalue weighted by Gasteiger charge is -1.99. The summed E-state index contributed by atoms with van der Waals surface area (Å²) in [6, 6.07) is 0. The molecule has 0 saturated heterocycles. The van der Waals surface area contributed by atoms with Gasteiger partial charge in [-0.15, -0.1) is 0 Å². The number of rotatable bonds is 1. The van der Waals surface area contributed by atoms with E-state index in [0.29, 0.717) is 5.56 Å². The van der Waals surface area contributed by atoms with Crippen molar-refractivity contribution < 1.29 is 4.79 Å². The highest BCUT2D eigenvalue weighted by molar-refractivity contribution is 7.71. The van der Waals surface area contributed by atoms with Crippen LogP contribution in [0.4, 0.5) is 0 Å². The van der Waals surface area contributed by atoms with Crippen molar-refractivity contribution in [3.05, 3.63) is 26.9 Å². The van der Waals surface area contributed by atoms with Crippen LogP contribution in [0.2, 0.25) is 0 Å². The molecule has 12 heavy (non-hydrogen) atoms. The van der Waals surface area contributed by atoms with Crippen LogP contribution in [0, 0.1) is 4.64 Å². The van der Waals surface area contributed by atoms with Crippen LogP contribution in [0.1, 0.15) is 17.3 Å². The first-order valence-corrected chi connectivity index (χ1v) is 3.74. The lowest BCUT2D eigenvalue weighted by atomic mass is 10.2. The molecule has 0 aromatic carbocycles. The molecule has 1 aromatic rings. The molecule has 0 bridgehead atoms. The highest BCUT2D eigenvalue weighted by Gasteiger charge is 2.03. The van der Waals surface area contributed by atoms with Gasteiger partial charge in [0.2, 0.25) is 0 Å². The summed E-state index contributed by atoms with van der Waals surface area (Å²) in [7, 11) is 1.56. The molecular weight excluding hydrogens is 176 g/mol. The van der Waals surface area contributed by atoms with Crippen molar-refractivity contribution in [2.75, 3.05) is 0 Å². The first-order valence-electron chi connectivity index (χ1n) is 3.33. The molecule has 0 radical (unpaired) electrons. The van der Waals surface area contributed by atoms with Crippen LogP contribution in [0.3, 0.4) is 0 Å². The number of aromatic nitrogens is 2. The van der Waals surface area contributed by atoms with Gasteiger partial charge in [-0.2, -0.15) is 0 Å². The van der Waals surface area contributed by atoms with Gasteiger partial charge in [0.25, 0.3) is 0 Å². The first kappa shape index (κ1) is 8.86. The standard InChI is InChI=1S/C7H8N2O2S/c1-4(10)5-3-9(2)7(11)8-6(5)12/h3H,1-2H3,(H,8,11,12). The fourth-order valence-corrected chi connectivity index (χ4v) is 1.10. The molecule has 0 aliphatic heterocycles. The van der Waals surface area contributed by atoms with E-state index in [1.807, 2.05) is 0 Å². The summed E-state index contributed by atoms with van der Waals surface area (Å²) in [6.07, 6.45) is 1.43. The van der Waals surface area contributed by atoms with Gasteiger partial charge in [0.1, 0.15) is 4.64 Å². The fourth-order valence-electron chi connectivity index (χ4n) is 0.814. The SMILES string of the molecule is CC(=O)c1cn(C)c(=O)[nH]c1=S. The molecular formula is C7H8N2O2S. The summed E-state index contributed by atoms with van der Waals surface area (Å²) in [5.74, 6) is -0.146. The number of aryl methyl sites for hydroxylation is 1. The van der Waals surface area contributed by atoms with Crippen LogP contribution < -0.4 is 5.69 Å². The smallest absolute Gasteiger partial charge is 0.303 e. The molecule has 0 aliphatic carbocycles. The molecule has 1 aromatic heterocycles. The summed E-state index contributed by atoms with van der Waals surface area (Å²) in [5, 5.41) is 0. The number of nitrogens with zero attached hydrogens (tertiary/aromatic N) is 1. The van der Waals surface area contributed by atoms with E-state index in [4.69, 9.17) is 12.2 Å². The van der Waals surface area contributed by atoms with Gasteiger partial charge in [-0.25, -0.2) is 4.79 Å². The van der Waals surface area contributed by atoms with Crippen molar-refractivity contribution in [2.45, 2.75) is 6.92 Å². The Balaban J connectivity index is 3.54. The molecule has 1 heterocycles. The van der Waals surface area contributed by atoms with Crippen molar-refractivity contribution in [1.82, 2.24) is 9.55 Å². The predicted molar refractivity (Wildman–Crippen MR) is 46.9 cm³/mol. The number of hydrogen-bond acceptors (Lipinski definition) is 3. The third kappa shape index (κ3) is 1.50. The number of carbonyl (C=O) groups is 1. The van der Waals surface area contributed by atoms with Gasteiger partial charge in [-0.05, 0) is 6.92 Å². The van der Waals surface area contributed by atoms with Crippen molar-refractivity contribution in [2.24, 2.45) is 7.05 Å². The maximum absolute atomic E-state index is 10.9. The van der Waals surface area contributed by atoms with E-state index in [2.05, 4.69) is 4.98 Å². The molecule has 0 saturated carbocycles. The van der Waals surface area contributed by atoms with Crippen LogP contribution >= 0.6 is 12.2 Å². The van der Waals surface area contributed by atoms with Crippen LogP contribution in [0.15, 0.2) is 11.0 Å². The molecule has 5 heteroatoms. The second-order valence-electron chi connectivity index (χ2n) is 2.47. The summed E-state index contributed by atoms with van der Waals surface area (Å²) >= 11 is 4.79. The Morgan fingerprint density at radius 1 is 1.67 bits per heavy atom. The van der Waals surface area contributed by atoms with Gasteiger partial charge in [-0.3, -0.25) is 9.78 Å². The second kappa shape index (κ2) is 3.02. The average Bonchev–Trinajstić information content (AvgIpc) is 1.96. The highest BCUT2D eigenvalue weighted by Crippen LogP contribution is 1.97. The minimum atomic E-state index is -0.315. The summed E-state index contributed by atoms with van der Waals surface area (Å²) in [5.41, 5.74) is 0.0529. The minimum Gasteiger partial charge on any atom is -0.303 e. The summed E-state index contributed by atoms with van der Waals surface area (Å²) < 4.78 is 1.48. The third-order valence-corrected chi connectivity index (χ3v) is 1.81.